The number of aliphatic hydroxyl groups is 1. The molecule has 0 spiro atoms. The quantitative estimate of drug-likeness (QED) is 0.397. The molecule has 0 bridgehead atoms. The second kappa shape index (κ2) is 7.52. The van der Waals surface area contributed by atoms with E-state index in [0.717, 1.165) is 12.2 Å². The van der Waals surface area contributed by atoms with Gasteiger partial charge in [-0.3, -0.25) is 0 Å². The Balaban J connectivity index is 1.93. The van der Waals surface area contributed by atoms with Crippen molar-refractivity contribution in [3.8, 4) is 0 Å². The van der Waals surface area contributed by atoms with E-state index in [4.69, 9.17) is 4.74 Å². The van der Waals surface area contributed by atoms with Crippen LogP contribution in [0.15, 0.2) is 110 Å². The van der Waals surface area contributed by atoms with E-state index in [1.165, 1.54) is 6.08 Å². The molecule has 5 heteroatoms. The molecule has 1 aliphatic heterocycles. The molecule has 1 fully saturated rings. The van der Waals surface area contributed by atoms with E-state index < -0.39 is 23.0 Å². The summed E-state index contributed by atoms with van der Waals surface area (Å²) >= 11 is 0. The summed E-state index contributed by atoms with van der Waals surface area (Å²) in [6.45, 7) is 3.66. The first-order valence-electron chi connectivity index (χ1n) is 9.79. The molecule has 0 aromatic heterocycles. The summed E-state index contributed by atoms with van der Waals surface area (Å²) in [5, 5.41) is 12.0. The maximum atomic E-state index is 14.5. The Morgan fingerprint density at radius 2 is 1.19 bits per heavy atom. The van der Waals surface area contributed by atoms with Crippen LogP contribution in [-0.2, 0) is 10.3 Å². The van der Waals surface area contributed by atoms with Gasteiger partial charge in [0.05, 0.1) is 0 Å². The van der Waals surface area contributed by atoms with E-state index >= 15 is 0 Å². The molecule has 1 aliphatic rings. The van der Waals surface area contributed by atoms with E-state index in [9.17, 15) is 18.3 Å². The molecule has 2 nitrogen and oxygen atoms in total. The van der Waals surface area contributed by atoms with Crippen LogP contribution in [0, 0.1) is 0 Å². The fraction of sp³-hybridized carbons (Fsp3) is 0.154. The molecule has 0 amide bonds. The fourth-order valence-electron chi connectivity index (χ4n) is 4.16. The molecule has 3 aromatic carbocycles. The molecule has 0 unspecified atom stereocenters. The fourth-order valence-corrected chi connectivity index (χ4v) is 4.16. The highest BCUT2D eigenvalue weighted by molar-refractivity contribution is 5.58. The lowest BCUT2D eigenvalue weighted by Gasteiger charge is -2.36. The van der Waals surface area contributed by atoms with Gasteiger partial charge in [-0.1, -0.05) is 110 Å². The normalized spacial score (nSPS) is 23.6. The van der Waals surface area contributed by atoms with E-state index in [1.54, 1.807) is 91.0 Å². The van der Waals surface area contributed by atoms with Crippen molar-refractivity contribution in [2.45, 2.75) is 23.0 Å². The van der Waals surface area contributed by atoms with Crippen LogP contribution < -0.4 is 0 Å². The molecule has 1 N–H and O–H groups in total. The highest BCUT2D eigenvalue weighted by atomic mass is 19.4. The maximum absolute atomic E-state index is 14.5. The Labute approximate surface area is 178 Å². The number of halogens is 3. The van der Waals surface area contributed by atoms with Gasteiger partial charge in [0.25, 0.3) is 0 Å². The molecule has 2 atom stereocenters. The number of hydrogen-bond acceptors (Lipinski definition) is 2. The standard InChI is InChI=1S/C26H21F3O2/c1-2-23(24(31-23,26(27,28)29)19-18-20-12-6-3-7-13-20)25(30,21-14-8-4-9-15-21)22-16-10-5-11-17-22/h2-19,30H,1H2/b19-18+/t23-,24+/m1/s1. The average molecular weight is 422 g/mol. The number of epoxide rings is 1. The number of alkyl halides is 3. The smallest absolute Gasteiger partial charge is 0.377 e. The van der Waals surface area contributed by atoms with Gasteiger partial charge in [-0.15, -0.1) is 0 Å². The maximum Gasteiger partial charge on any atom is 0.424 e. The third-order valence-corrected chi connectivity index (χ3v) is 5.77. The highest BCUT2D eigenvalue weighted by Crippen LogP contribution is 2.67. The molecule has 0 aliphatic carbocycles. The Hall–Kier alpha value is -3.15. The molecular weight excluding hydrogens is 401 g/mol. The SMILES string of the molecule is C=C[C@@]1(C(O)(c2ccccc2)c2ccccc2)O[C@]1(/C=C/c1ccccc1)C(F)(F)F. The number of benzene rings is 3. The minimum atomic E-state index is -4.80. The van der Waals surface area contributed by atoms with Gasteiger partial charge in [-0.2, -0.15) is 13.2 Å². The van der Waals surface area contributed by atoms with Crippen LogP contribution in [0.3, 0.4) is 0 Å². The van der Waals surface area contributed by atoms with Crippen molar-refractivity contribution in [2.75, 3.05) is 0 Å². The second-order valence-electron chi connectivity index (χ2n) is 7.46. The lowest BCUT2D eigenvalue weighted by molar-refractivity contribution is -0.171. The number of ether oxygens (including phenoxy) is 1. The summed E-state index contributed by atoms with van der Waals surface area (Å²) in [6, 6.07) is 25.1. The molecule has 3 aromatic rings. The molecular formula is C26H21F3O2. The monoisotopic (exact) mass is 422 g/mol. The van der Waals surface area contributed by atoms with Crippen molar-refractivity contribution < 1.29 is 23.0 Å². The molecule has 31 heavy (non-hydrogen) atoms. The van der Waals surface area contributed by atoms with Crippen molar-refractivity contribution in [1.82, 2.24) is 0 Å². The van der Waals surface area contributed by atoms with Gasteiger partial charge < -0.3 is 9.84 Å². The average Bonchev–Trinajstić information content (AvgIpc) is 3.50. The Bertz CT molecular complexity index is 1040. The van der Waals surface area contributed by atoms with Crippen LogP contribution in [0.25, 0.3) is 6.08 Å². The highest BCUT2D eigenvalue weighted by Gasteiger charge is 2.87. The van der Waals surface area contributed by atoms with Crippen molar-refractivity contribution in [3.05, 3.63) is 126 Å². The van der Waals surface area contributed by atoms with E-state index in [-0.39, 0.29) is 11.1 Å². The summed E-state index contributed by atoms with van der Waals surface area (Å²) in [4.78, 5) is 0. The van der Waals surface area contributed by atoms with Gasteiger partial charge in [-0.05, 0) is 22.8 Å². The summed E-state index contributed by atoms with van der Waals surface area (Å²) in [7, 11) is 0. The molecule has 0 saturated carbocycles. The summed E-state index contributed by atoms with van der Waals surface area (Å²) in [5.41, 5.74) is -5.90. The first kappa shape index (κ1) is 21.1. The first-order valence-corrected chi connectivity index (χ1v) is 9.79. The number of hydrogen-bond donors (Lipinski definition) is 1. The molecule has 1 heterocycles. The third kappa shape index (κ3) is 3.12. The zero-order chi connectivity index (χ0) is 22.2. The van der Waals surface area contributed by atoms with Crippen LogP contribution in [0.5, 0.6) is 0 Å². The van der Waals surface area contributed by atoms with Gasteiger partial charge in [0.1, 0.15) is 0 Å². The van der Waals surface area contributed by atoms with Crippen molar-refractivity contribution in [3.63, 3.8) is 0 Å². The molecule has 4 rings (SSSR count). The topological polar surface area (TPSA) is 32.8 Å². The van der Waals surface area contributed by atoms with Crippen LogP contribution in [-0.4, -0.2) is 22.5 Å². The van der Waals surface area contributed by atoms with Gasteiger partial charge in [0, 0.05) is 0 Å². The van der Waals surface area contributed by atoms with E-state index in [2.05, 4.69) is 6.58 Å². The Morgan fingerprint density at radius 1 is 0.742 bits per heavy atom. The minimum Gasteiger partial charge on any atom is -0.377 e. The molecule has 1 saturated heterocycles. The summed E-state index contributed by atoms with van der Waals surface area (Å²) < 4.78 is 49.0. The van der Waals surface area contributed by atoms with E-state index in [1.807, 2.05) is 0 Å². The van der Waals surface area contributed by atoms with Gasteiger partial charge in [0.15, 0.2) is 11.2 Å². The predicted molar refractivity (Wildman–Crippen MR) is 114 cm³/mol. The molecule has 158 valence electrons. The van der Waals surface area contributed by atoms with Crippen LogP contribution >= 0.6 is 0 Å². The first-order chi connectivity index (χ1) is 14.8. The van der Waals surface area contributed by atoms with Gasteiger partial charge >= 0.3 is 6.18 Å². The largest absolute Gasteiger partial charge is 0.424 e. The zero-order valence-electron chi connectivity index (χ0n) is 16.6. The van der Waals surface area contributed by atoms with Gasteiger partial charge in [0.2, 0.25) is 5.60 Å². The van der Waals surface area contributed by atoms with Crippen LogP contribution in [0.4, 0.5) is 13.2 Å². The van der Waals surface area contributed by atoms with Crippen LogP contribution in [0.2, 0.25) is 0 Å². The number of rotatable bonds is 6. The molecule has 0 radical (unpaired) electrons. The lowest BCUT2D eigenvalue weighted by Crippen LogP contribution is -2.51. The third-order valence-electron chi connectivity index (χ3n) is 5.77. The lowest BCUT2D eigenvalue weighted by atomic mass is 9.69. The minimum absolute atomic E-state index is 0.278. The van der Waals surface area contributed by atoms with Crippen LogP contribution in [0.1, 0.15) is 16.7 Å². The van der Waals surface area contributed by atoms with Crippen molar-refractivity contribution in [2.24, 2.45) is 0 Å². The Kier molecular flexibility index (Phi) is 5.12. The van der Waals surface area contributed by atoms with Gasteiger partial charge in [-0.25, -0.2) is 0 Å². The van der Waals surface area contributed by atoms with Crippen molar-refractivity contribution in [1.29, 1.82) is 0 Å². The zero-order valence-corrected chi connectivity index (χ0v) is 16.6. The Morgan fingerprint density at radius 3 is 1.61 bits per heavy atom. The predicted octanol–water partition coefficient (Wildman–Crippen LogP) is 5.89. The second-order valence-corrected chi connectivity index (χ2v) is 7.46. The van der Waals surface area contributed by atoms with E-state index in [0.29, 0.717) is 5.56 Å². The van der Waals surface area contributed by atoms with Crippen molar-refractivity contribution >= 4 is 6.08 Å². The summed E-state index contributed by atoms with van der Waals surface area (Å²) in [6.07, 6.45) is -1.41. The summed E-state index contributed by atoms with van der Waals surface area (Å²) in [5.74, 6) is 0.